The second-order valence-electron chi connectivity index (χ2n) is 6.38. The molecule has 1 N–H and O–H groups in total. The maximum atomic E-state index is 12.7. The fourth-order valence-electron chi connectivity index (χ4n) is 3.38. The molecule has 2 rings (SSSR count). The van der Waals surface area contributed by atoms with Crippen LogP contribution in [0.3, 0.4) is 0 Å². The lowest BCUT2D eigenvalue weighted by atomic mass is 9.80. The van der Waals surface area contributed by atoms with Crippen LogP contribution in [0.5, 0.6) is 0 Å². The second-order valence-corrected chi connectivity index (χ2v) is 6.38. The SMILES string of the molecule is Cc1ccccc1C(C)N(C)C(=O)C1CCCC(C(=O)O)C1. The molecule has 0 radical (unpaired) electrons. The highest BCUT2D eigenvalue weighted by molar-refractivity contribution is 5.80. The van der Waals surface area contributed by atoms with E-state index < -0.39 is 5.97 Å². The minimum atomic E-state index is -0.771. The Morgan fingerprint density at radius 3 is 2.50 bits per heavy atom. The molecule has 1 aromatic rings. The first-order chi connectivity index (χ1) is 10.4. The molecule has 1 amide bonds. The van der Waals surface area contributed by atoms with E-state index in [0.717, 1.165) is 18.4 Å². The van der Waals surface area contributed by atoms with E-state index in [1.165, 1.54) is 5.56 Å². The number of hydrogen-bond acceptors (Lipinski definition) is 2. The second kappa shape index (κ2) is 6.95. The van der Waals surface area contributed by atoms with Gasteiger partial charge in [0.15, 0.2) is 0 Å². The molecule has 0 spiro atoms. The van der Waals surface area contributed by atoms with E-state index in [2.05, 4.69) is 0 Å². The van der Waals surface area contributed by atoms with Crippen molar-refractivity contribution in [2.24, 2.45) is 11.8 Å². The fraction of sp³-hybridized carbons (Fsp3) is 0.556. The molecule has 1 aliphatic carbocycles. The van der Waals surface area contributed by atoms with Crippen molar-refractivity contribution in [1.82, 2.24) is 4.90 Å². The lowest BCUT2D eigenvalue weighted by Crippen LogP contribution is -2.38. The maximum Gasteiger partial charge on any atom is 0.306 e. The van der Waals surface area contributed by atoms with Gasteiger partial charge in [-0.15, -0.1) is 0 Å². The zero-order valence-electron chi connectivity index (χ0n) is 13.6. The summed E-state index contributed by atoms with van der Waals surface area (Å²) in [5.74, 6) is -1.23. The van der Waals surface area contributed by atoms with Gasteiger partial charge in [0.25, 0.3) is 0 Å². The third-order valence-electron chi connectivity index (χ3n) is 4.94. The number of nitrogens with zero attached hydrogens (tertiary/aromatic N) is 1. The van der Waals surface area contributed by atoms with E-state index in [4.69, 9.17) is 0 Å². The maximum absolute atomic E-state index is 12.7. The lowest BCUT2D eigenvalue weighted by Gasteiger charge is -2.33. The summed E-state index contributed by atoms with van der Waals surface area (Å²) in [5.41, 5.74) is 2.31. The molecule has 0 saturated heterocycles. The van der Waals surface area contributed by atoms with Crippen LogP contribution in [0.25, 0.3) is 0 Å². The highest BCUT2D eigenvalue weighted by atomic mass is 16.4. The number of carboxylic acid groups (broad SMARTS) is 1. The molecular weight excluding hydrogens is 278 g/mol. The minimum Gasteiger partial charge on any atom is -0.481 e. The summed E-state index contributed by atoms with van der Waals surface area (Å²) in [7, 11) is 1.82. The van der Waals surface area contributed by atoms with Gasteiger partial charge in [0.2, 0.25) is 5.91 Å². The molecule has 0 bridgehead atoms. The molecule has 22 heavy (non-hydrogen) atoms. The van der Waals surface area contributed by atoms with Crippen molar-refractivity contribution in [1.29, 1.82) is 0 Å². The number of carboxylic acids is 1. The molecule has 0 aromatic heterocycles. The molecular formula is C18H25NO3. The average molecular weight is 303 g/mol. The van der Waals surface area contributed by atoms with E-state index in [1.54, 1.807) is 4.90 Å². The first-order valence-electron chi connectivity index (χ1n) is 7.96. The normalized spacial score (nSPS) is 22.9. The first-order valence-corrected chi connectivity index (χ1v) is 7.96. The molecule has 3 unspecified atom stereocenters. The number of benzene rings is 1. The van der Waals surface area contributed by atoms with Gasteiger partial charge in [-0.3, -0.25) is 9.59 Å². The zero-order valence-corrected chi connectivity index (χ0v) is 13.6. The Bertz CT molecular complexity index is 555. The first kappa shape index (κ1) is 16.5. The van der Waals surface area contributed by atoms with Crippen LogP contribution in [0.1, 0.15) is 49.8 Å². The van der Waals surface area contributed by atoms with Crippen LogP contribution in [0.4, 0.5) is 0 Å². The molecule has 1 aliphatic rings. The smallest absolute Gasteiger partial charge is 0.306 e. The number of aliphatic carboxylic acids is 1. The predicted molar refractivity (Wildman–Crippen MR) is 85.4 cm³/mol. The summed E-state index contributed by atoms with van der Waals surface area (Å²) in [6, 6.07) is 8.07. The van der Waals surface area contributed by atoms with Crippen molar-refractivity contribution >= 4 is 11.9 Å². The van der Waals surface area contributed by atoms with E-state index in [1.807, 2.05) is 45.2 Å². The number of carbonyl (C=O) groups excluding carboxylic acids is 1. The van der Waals surface area contributed by atoms with E-state index in [0.29, 0.717) is 12.8 Å². The van der Waals surface area contributed by atoms with Gasteiger partial charge in [0.05, 0.1) is 12.0 Å². The van der Waals surface area contributed by atoms with Crippen molar-refractivity contribution in [2.45, 2.75) is 45.6 Å². The number of amides is 1. The standard InChI is InChI=1S/C18H25NO3/c1-12-7-4-5-10-16(12)13(2)19(3)17(20)14-8-6-9-15(11-14)18(21)22/h4-5,7,10,13-15H,6,8-9,11H2,1-3H3,(H,21,22). The highest BCUT2D eigenvalue weighted by Crippen LogP contribution is 2.32. The Balaban J connectivity index is 2.08. The molecule has 4 heteroatoms. The van der Waals surface area contributed by atoms with Crippen LogP contribution in [0.15, 0.2) is 24.3 Å². The van der Waals surface area contributed by atoms with Gasteiger partial charge in [0.1, 0.15) is 0 Å². The zero-order chi connectivity index (χ0) is 16.3. The summed E-state index contributed by atoms with van der Waals surface area (Å²) in [6.45, 7) is 4.07. The van der Waals surface area contributed by atoms with Gasteiger partial charge in [-0.2, -0.15) is 0 Å². The Morgan fingerprint density at radius 2 is 1.86 bits per heavy atom. The van der Waals surface area contributed by atoms with Crippen LogP contribution in [-0.2, 0) is 9.59 Å². The average Bonchev–Trinajstić information content (AvgIpc) is 2.53. The van der Waals surface area contributed by atoms with Gasteiger partial charge in [0, 0.05) is 13.0 Å². The summed E-state index contributed by atoms with van der Waals surface area (Å²) >= 11 is 0. The van der Waals surface area contributed by atoms with E-state index >= 15 is 0 Å². The van der Waals surface area contributed by atoms with Crippen LogP contribution < -0.4 is 0 Å². The molecule has 4 nitrogen and oxygen atoms in total. The number of aryl methyl sites for hydroxylation is 1. The Labute approximate surface area is 132 Å². The number of carbonyl (C=O) groups is 2. The lowest BCUT2D eigenvalue weighted by molar-refractivity contribution is -0.145. The molecule has 0 heterocycles. The monoisotopic (exact) mass is 303 g/mol. The molecule has 0 aliphatic heterocycles. The van der Waals surface area contributed by atoms with E-state index in [9.17, 15) is 14.7 Å². The van der Waals surface area contributed by atoms with E-state index in [-0.39, 0.29) is 23.8 Å². The third kappa shape index (κ3) is 3.49. The molecule has 120 valence electrons. The molecule has 1 fully saturated rings. The number of hydrogen-bond donors (Lipinski definition) is 1. The Morgan fingerprint density at radius 1 is 1.23 bits per heavy atom. The topological polar surface area (TPSA) is 57.6 Å². The van der Waals surface area contributed by atoms with Crippen LogP contribution in [-0.4, -0.2) is 28.9 Å². The van der Waals surface area contributed by atoms with Crippen molar-refractivity contribution in [3.05, 3.63) is 35.4 Å². The molecule has 3 atom stereocenters. The summed E-state index contributed by atoms with van der Waals surface area (Å²) in [4.78, 5) is 25.7. The summed E-state index contributed by atoms with van der Waals surface area (Å²) in [6.07, 6.45) is 2.78. The van der Waals surface area contributed by atoms with Gasteiger partial charge in [-0.25, -0.2) is 0 Å². The van der Waals surface area contributed by atoms with Gasteiger partial charge in [-0.1, -0.05) is 30.7 Å². The van der Waals surface area contributed by atoms with Crippen molar-refractivity contribution in [2.75, 3.05) is 7.05 Å². The summed E-state index contributed by atoms with van der Waals surface area (Å²) < 4.78 is 0. The summed E-state index contributed by atoms with van der Waals surface area (Å²) in [5, 5.41) is 9.18. The Hall–Kier alpha value is -1.84. The van der Waals surface area contributed by atoms with Crippen molar-refractivity contribution < 1.29 is 14.7 Å². The quantitative estimate of drug-likeness (QED) is 0.927. The highest BCUT2D eigenvalue weighted by Gasteiger charge is 2.33. The minimum absolute atomic E-state index is 0.00101. The van der Waals surface area contributed by atoms with Crippen LogP contribution in [0, 0.1) is 18.8 Å². The third-order valence-corrected chi connectivity index (χ3v) is 4.94. The fourth-order valence-corrected chi connectivity index (χ4v) is 3.38. The predicted octanol–water partition coefficient (Wildman–Crippen LogP) is 3.41. The van der Waals surface area contributed by atoms with Gasteiger partial charge in [-0.05, 0) is 44.2 Å². The van der Waals surface area contributed by atoms with Gasteiger partial charge >= 0.3 is 5.97 Å². The van der Waals surface area contributed by atoms with Gasteiger partial charge < -0.3 is 10.0 Å². The van der Waals surface area contributed by atoms with Crippen LogP contribution in [0.2, 0.25) is 0 Å². The van der Waals surface area contributed by atoms with Crippen molar-refractivity contribution in [3.8, 4) is 0 Å². The largest absolute Gasteiger partial charge is 0.481 e. The number of rotatable bonds is 4. The Kier molecular flexibility index (Phi) is 5.22. The molecule has 1 aromatic carbocycles. The van der Waals surface area contributed by atoms with Crippen LogP contribution >= 0.6 is 0 Å². The van der Waals surface area contributed by atoms with Crippen molar-refractivity contribution in [3.63, 3.8) is 0 Å². The molecule has 1 saturated carbocycles.